The van der Waals surface area contributed by atoms with E-state index >= 15 is 0 Å². The molecule has 0 atom stereocenters. The number of aliphatic imine (C=N–C) groups is 1. The van der Waals surface area contributed by atoms with Gasteiger partial charge in [-0.15, -0.1) is 0 Å². The number of benzene rings is 2. The Kier molecular flexibility index (Phi) is 8.52. The van der Waals surface area contributed by atoms with Crippen LogP contribution in [0.5, 0.6) is 0 Å². The van der Waals surface area contributed by atoms with Gasteiger partial charge in [0.15, 0.2) is 0 Å². The van der Waals surface area contributed by atoms with Gasteiger partial charge < -0.3 is 5.32 Å². The second-order valence-corrected chi connectivity index (χ2v) is 5.16. The van der Waals surface area contributed by atoms with E-state index in [-0.39, 0.29) is 5.91 Å². The molecular weight excluding hydrogens is 320 g/mol. The average molecular weight is 343 g/mol. The Bertz CT molecular complexity index is 706. The molecule has 0 radical (unpaired) electrons. The predicted octanol–water partition coefficient (Wildman–Crippen LogP) is 5.36. The van der Waals surface area contributed by atoms with Crippen molar-refractivity contribution in [3.63, 3.8) is 0 Å². The fourth-order valence-electron chi connectivity index (χ4n) is 2.06. The molecule has 0 heterocycles. The quantitative estimate of drug-likeness (QED) is 0.730. The van der Waals surface area contributed by atoms with Crippen LogP contribution in [0.4, 0.5) is 0 Å². The zero-order chi connectivity index (χ0) is 17.9. The molecule has 2 aromatic rings. The number of rotatable bonds is 5. The molecule has 3 nitrogen and oxygen atoms in total. The second-order valence-electron chi connectivity index (χ2n) is 4.72. The van der Waals surface area contributed by atoms with Crippen LogP contribution in [-0.4, -0.2) is 12.6 Å². The van der Waals surface area contributed by atoms with Crippen molar-refractivity contribution < 1.29 is 4.79 Å². The SMILES string of the molecule is C=N/C(=C\C)c1cccc(C(=O)NCc2ccc(Cl)cc2)c1.CC. The van der Waals surface area contributed by atoms with Crippen LogP contribution in [-0.2, 0) is 6.54 Å². The number of hydrogen-bond donors (Lipinski definition) is 1. The van der Waals surface area contributed by atoms with Crippen LogP contribution in [0.1, 0.15) is 42.3 Å². The summed E-state index contributed by atoms with van der Waals surface area (Å²) < 4.78 is 0. The summed E-state index contributed by atoms with van der Waals surface area (Å²) in [7, 11) is 0. The van der Waals surface area contributed by atoms with Crippen molar-refractivity contribution in [2.45, 2.75) is 27.3 Å². The van der Waals surface area contributed by atoms with Crippen molar-refractivity contribution in [2.75, 3.05) is 0 Å². The third-order valence-electron chi connectivity index (χ3n) is 3.23. The lowest BCUT2D eigenvalue weighted by atomic mass is 10.1. The molecule has 4 heteroatoms. The number of hydrogen-bond acceptors (Lipinski definition) is 2. The van der Waals surface area contributed by atoms with E-state index in [2.05, 4.69) is 17.0 Å². The monoisotopic (exact) mass is 342 g/mol. The van der Waals surface area contributed by atoms with Crippen molar-refractivity contribution in [1.29, 1.82) is 0 Å². The van der Waals surface area contributed by atoms with E-state index in [0.29, 0.717) is 17.1 Å². The van der Waals surface area contributed by atoms with Gasteiger partial charge in [0.2, 0.25) is 0 Å². The van der Waals surface area contributed by atoms with Gasteiger partial charge in [-0.3, -0.25) is 9.79 Å². The summed E-state index contributed by atoms with van der Waals surface area (Å²) in [5.74, 6) is -0.128. The van der Waals surface area contributed by atoms with E-state index in [1.54, 1.807) is 24.3 Å². The van der Waals surface area contributed by atoms with Crippen molar-refractivity contribution >= 4 is 29.9 Å². The first-order valence-electron chi connectivity index (χ1n) is 7.90. The molecule has 1 N–H and O–H groups in total. The molecule has 2 aromatic carbocycles. The van der Waals surface area contributed by atoms with Crippen molar-refractivity contribution in [3.8, 4) is 0 Å². The molecule has 0 aliphatic carbocycles. The molecule has 1 amide bonds. The van der Waals surface area contributed by atoms with Crippen LogP contribution < -0.4 is 5.32 Å². The molecule has 0 aliphatic rings. The highest BCUT2D eigenvalue weighted by Crippen LogP contribution is 2.17. The lowest BCUT2D eigenvalue weighted by Gasteiger charge is -2.07. The molecule has 24 heavy (non-hydrogen) atoms. The van der Waals surface area contributed by atoms with E-state index in [1.165, 1.54) is 0 Å². The first kappa shape index (κ1) is 19.7. The molecule has 126 valence electrons. The summed E-state index contributed by atoms with van der Waals surface area (Å²) >= 11 is 5.84. The number of nitrogens with one attached hydrogen (secondary N) is 1. The van der Waals surface area contributed by atoms with Crippen LogP contribution in [0.2, 0.25) is 5.02 Å². The first-order chi connectivity index (χ1) is 11.6. The van der Waals surface area contributed by atoms with Crippen molar-refractivity contribution in [2.24, 2.45) is 4.99 Å². The van der Waals surface area contributed by atoms with E-state index in [0.717, 1.165) is 16.8 Å². The Morgan fingerprint density at radius 3 is 2.38 bits per heavy atom. The van der Waals surface area contributed by atoms with Crippen LogP contribution in [0.15, 0.2) is 59.6 Å². The second kappa shape index (κ2) is 10.4. The minimum Gasteiger partial charge on any atom is -0.348 e. The van der Waals surface area contributed by atoms with Crippen LogP contribution in [0, 0.1) is 0 Å². The van der Waals surface area contributed by atoms with Gasteiger partial charge in [-0.2, -0.15) is 0 Å². The van der Waals surface area contributed by atoms with Gasteiger partial charge in [-0.05, 0) is 43.5 Å². The number of halogens is 1. The fraction of sp³-hybridized carbons (Fsp3) is 0.200. The number of nitrogens with zero attached hydrogens (tertiary/aromatic N) is 1. The Hall–Kier alpha value is -2.39. The lowest BCUT2D eigenvalue weighted by Crippen LogP contribution is -2.22. The summed E-state index contributed by atoms with van der Waals surface area (Å²) in [5, 5.41) is 3.57. The summed E-state index contributed by atoms with van der Waals surface area (Å²) in [6.07, 6.45) is 1.86. The number of carbonyl (C=O) groups is 1. The van der Waals surface area contributed by atoms with Crippen LogP contribution in [0.3, 0.4) is 0 Å². The molecule has 0 unspecified atom stereocenters. The largest absolute Gasteiger partial charge is 0.348 e. The molecule has 0 spiro atoms. The topological polar surface area (TPSA) is 41.5 Å². The third kappa shape index (κ3) is 5.67. The van der Waals surface area contributed by atoms with Crippen LogP contribution >= 0.6 is 11.6 Å². The highest BCUT2D eigenvalue weighted by Gasteiger charge is 2.07. The number of allylic oxidation sites excluding steroid dienone is 1. The molecular formula is C20H23ClN2O. The number of carbonyl (C=O) groups excluding carboxylic acids is 1. The predicted molar refractivity (Wildman–Crippen MR) is 104 cm³/mol. The van der Waals surface area contributed by atoms with Gasteiger partial charge in [0.1, 0.15) is 0 Å². The van der Waals surface area contributed by atoms with E-state index in [9.17, 15) is 4.79 Å². The zero-order valence-electron chi connectivity index (χ0n) is 14.3. The molecule has 0 bridgehead atoms. The molecule has 0 saturated heterocycles. The Balaban J connectivity index is 0.00000139. The van der Waals surface area contributed by atoms with Crippen molar-refractivity contribution in [3.05, 3.63) is 76.3 Å². The lowest BCUT2D eigenvalue weighted by molar-refractivity contribution is 0.0951. The summed E-state index contributed by atoms with van der Waals surface area (Å²) in [5.41, 5.74) is 3.22. The van der Waals surface area contributed by atoms with Crippen LogP contribution in [0.25, 0.3) is 5.70 Å². The first-order valence-corrected chi connectivity index (χ1v) is 8.28. The smallest absolute Gasteiger partial charge is 0.251 e. The Morgan fingerprint density at radius 1 is 1.17 bits per heavy atom. The summed E-state index contributed by atoms with van der Waals surface area (Å²) in [4.78, 5) is 16.2. The molecule has 0 aliphatic heterocycles. The van der Waals surface area contributed by atoms with Gasteiger partial charge >= 0.3 is 0 Å². The average Bonchev–Trinajstić information content (AvgIpc) is 2.64. The van der Waals surface area contributed by atoms with Gasteiger partial charge in [0, 0.05) is 22.7 Å². The molecule has 0 aromatic heterocycles. The van der Waals surface area contributed by atoms with Gasteiger partial charge in [0.05, 0.1) is 5.70 Å². The highest BCUT2D eigenvalue weighted by molar-refractivity contribution is 6.30. The van der Waals surface area contributed by atoms with E-state index in [1.807, 2.05) is 51.1 Å². The van der Waals surface area contributed by atoms with E-state index < -0.39 is 0 Å². The Labute approximate surface area is 149 Å². The minimum absolute atomic E-state index is 0.128. The summed E-state index contributed by atoms with van der Waals surface area (Å²) in [6, 6.07) is 14.7. The highest BCUT2D eigenvalue weighted by atomic mass is 35.5. The maximum absolute atomic E-state index is 12.2. The van der Waals surface area contributed by atoms with Gasteiger partial charge in [0.25, 0.3) is 5.91 Å². The molecule has 2 rings (SSSR count). The van der Waals surface area contributed by atoms with Gasteiger partial charge in [-0.1, -0.05) is 55.8 Å². The zero-order valence-corrected chi connectivity index (χ0v) is 15.1. The standard InChI is InChI=1S/C18H17ClN2O.C2H6/c1-3-17(20-2)14-5-4-6-15(11-14)18(22)21-12-13-7-9-16(19)10-8-13;1-2/h3-11H,2,12H2,1H3,(H,21,22);1-2H3/b17-3-;. The maximum atomic E-state index is 12.2. The van der Waals surface area contributed by atoms with Crippen molar-refractivity contribution in [1.82, 2.24) is 5.32 Å². The Morgan fingerprint density at radius 2 is 1.79 bits per heavy atom. The fourth-order valence-corrected chi connectivity index (χ4v) is 2.18. The molecule has 0 fully saturated rings. The normalized spacial score (nSPS) is 10.4. The summed E-state index contributed by atoms with van der Waals surface area (Å²) in [6.45, 7) is 9.88. The maximum Gasteiger partial charge on any atom is 0.251 e. The third-order valence-corrected chi connectivity index (χ3v) is 3.48. The number of amides is 1. The minimum atomic E-state index is -0.128. The molecule has 0 saturated carbocycles. The van der Waals surface area contributed by atoms with Gasteiger partial charge in [-0.25, -0.2) is 0 Å². The van der Waals surface area contributed by atoms with E-state index in [4.69, 9.17) is 11.6 Å².